The average molecular weight is 614 g/mol. The number of aryl methyl sites for hydroxylation is 1. The number of anilines is 2. The van der Waals surface area contributed by atoms with Gasteiger partial charge in [-0.05, 0) is 93.7 Å². The molecule has 1 unspecified atom stereocenters. The molecule has 0 saturated carbocycles. The van der Waals surface area contributed by atoms with Crippen LogP contribution in [0.4, 0.5) is 24.5 Å². The van der Waals surface area contributed by atoms with Gasteiger partial charge in [0, 0.05) is 49.0 Å². The normalized spacial score (nSPS) is 14.7. The van der Waals surface area contributed by atoms with Crippen LogP contribution in [-0.2, 0) is 9.59 Å². The number of aliphatic carboxylic acids is 1. The molecule has 0 spiro atoms. The SMILES string of the molecule is Cc1ccc2nc(-c3ccc(NC(=O)C(C)N(C)CC4CCN(c5ccncc5)CC4)cc3)sc2c1.O=C(O)C(F)(F)F. The number of fused-ring (bicyclic) bond motifs is 1. The van der Waals surface area contributed by atoms with Crippen molar-refractivity contribution in [1.29, 1.82) is 0 Å². The van der Waals surface area contributed by atoms with E-state index in [0.717, 1.165) is 54.3 Å². The Hall–Kier alpha value is -4.03. The molecule has 1 atom stereocenters. The zero-order valence-corrected chi connectivity index (χ0v) is 25.0. The molecule has 2 aromatic carbocycles. The minimum Gasteiger partial charge on any atom is -0.475 e. The zero-order chi connectivity index (χ0) is 31.1. The summed E-state index contributed by atoms with van der Waals surface area (Å²) < 4.78 is 32.9. The van der Waals surface area contributed by atoms with E-state index in [9.17, 15) is 18.0 Å². The number of likely N-dealkylation sites (N-methyl/N-ethyl adjacent to an activating group) is 1. The summed E-state index contributed by atoms with van der Waals surface area (Å²) in [6, 6.07) is 18.3. The van der Waals surface area contributed by atoms with E-state index < -0.39 is 12.1 Å². The molecule has 1 fully saturated rings. The van der Waals surface area contributed by atoms with E-state index in [2.05, 4.69) is 64.4 Å². The Morgan fingerprint density at radius 1 is 1.09 bits per heavy atom. The average Bonchev–Trinajstić information content (AvgIpc) is 3.41. The Balaban J connectivity index is 0.000000541. The number of halogens is 3. The Bertz CT molecular complexity index is 1520. The number of amides is 1. The lowest BCUT2D eigenvalue weighted by Gasteiger charge is -2.36. The second-order valence-corrected chi connectivity index (χ2v) is 11.6. The third-order valence-electron chi connectivity index (χ3n) is 7.42. The van der Waals surface area contributed by atoms with Gasteiger partial charge in [-0.15, -0.1) is 11.3 Å². The molecule has 1 amide bonds. The van der Waals surface area contributed by atoms with Crippen molar-refractivity contribution in [1.82, 2.24) is 14.9 Å². The van der Waals surface area contributed by atoms with Crippen LogP contribution in [0.25, 0.3) is 20.8 Å². The first-order valence-corrected chi connectivity index (χ1v) is 14.7. The summed E-state index contributed by atoms with van der Waals surface area (Å²) in [5.41, 5.74) is 5.39. The molecule has 4 aromatic rings. The fraction of sp³-hybridized carbons (Fsp3) is 0.355. The van der Waals surface area contributed by atoms with Crippen molar-refractivity contribution in [3.8, 4) is 10.6 Å². The van der Waals surface area contributed by atoms with Crippen LogP contribution >= 0.6 is 11.3 Å². The van der Waals surface area contributed by atoms with Crippen molar-refractivity contribution < 1.29 is 27.9 Å². The number of nitrogens with zero attached hydrogens (tertiary/aromatic N) is 4. The van der Waals surface area contributed by atoms with E-state index in [1.165, 1.54) is 16.0 Å². The number of pyridine rings is 1. The number of carbonyl (C=O) groups is 2. The lowest BCUT2D eigenvalue weighted by atomic mass is 9.95. The summed E-state index contributed by atoms with van der Waals surface area (Å²) in [5, 5.41) is 11.2. The Morgan fingerprint density at radius 3 is 2.33 bits per heavy atom. The lowest BCUT2D eigenvalue weighted by molar-refractivity contribution is -0.192. The number of carbonyl (C=O) groups excluding carboxylic acids is 1. The molecule has 43 heavy (non-hydrogen) atoms. The Kier molecular flexibility index (Phi) is 10.4. The molecule has 12 heteroatoms. The third kappa shape index (κ3) is 8.74. The van der Waals surface area contributed by atoms with Gasteiger partial charge in [-0.3, -0.25) is 14.7 Å². The maximum atomic E-state index is 13.0. The molecule has 0 bridgehead atoms. The van der Waals surface area contributed by atoms with Crippen LogP contribution in [0.2, 0.25) is 0 Å². The number of nitrogens with one attached hydrogen (secondary N) is 1. The van der Waals surface area contributed by atoms with Gasteiger partial charge in [0.25, 0.3) is 0 Å². The molecular formula is C31H34F3N5O3S. The summed E-state index contributed by atoms with van der Waals surface area (Å²) in [6.45, 7) is 7.10. The minimum atomic E-state index is -5.08. The predicted octanol–water partition coefficient (Wildman–Crippen LogP) is 6.48. The van der Waals surface area contributed by atoms with Gasteiger partial charge in [-0.1, -0.05) is 6.07 Å². The van der Waals surface area contributed by atoms with Crippen molar-refractivity contribution in [2.75, 3.05) is 36.9 Å². The minimum absolute atomic E-state index is 0.0231. The predicted molar refractivity (Wildman–Crippen MR) is 163 cm³/mol. The maximum absolute atomic E-state index is 13.0. The van der Waals surface area contributed by atoms with Crippen molar-refractivity contribution in [2.24, 2.45) is 5.92 Å². The van der Waals surface area contributed by atoms with Gasteiger partial charge >= 0.3 is 12.1 Å². The fourth-order valence-electron chi connectivity index (χ4n) is 4.79. The topological polar surface area (TPSA) is 98.7 Å². The highest BCUT2D eigenvalue weighted by Crippen LogP contribution is 2.31. The monoisotopic (exact) mass is 613 g/mol. The van der Waals surface area contributed by atoms with Gasteiger partial charge in [-0.25, -0.2) is 9.78 Å². The zero-order valence-electron chi connectivity index (χ0n) is 24.1. The Labute approximate surface area is 252 Å². The lowest BCUT2D eigenvalue weighted by Crippen LogP contribution is -2.44. The summed E-state index contributed by atoms with van der Waals surface area (Å²) in [4.78, 5) is 35.3. The maximum Gasteiger partial charge on any atom is 0.490 e. The highest BCUT2D eigenvalue weighted by atomic mass is 32.1. The van der Waals surface area contributed by atoms with Crippen LogP contribution in [0.5, 0.6) is 0 Å². The van der Waals surface area contributed by atoms with Crippen molar-refractivity contribution in [2.45, 2.75) is 38.9 Å². The molecule has 2 aromatic heterocycles. The van der Waals surface area contributed by atoms with E-state index in [4.69, 9.17) is 14.9 Å². The highest BCUT2D eigenvalue weighted by molar-refractivity contribution is 7.21. The summed E-state index contributed by atoms with van der Waals surface area (Å²) in [7, 11) is 2.05. The van der Waals surface area contributed by atoms with Crippen LogP contribution in [0.15, 0.2) is 67.0 Å². The summed E-state index contributed by atoms with van der Waals surface area (Å²) in [6.07, 6.45) is 0.886. The number of piperidine rings is 1. The molecule has 228 valence electrons. The molecule has 1 saturated heterocycles. The van der Waals surface area contributed by atoms with Gasteiger partial charge in [0.2, 0.25) is 5.91 Å². The molecular weight excluding hydrogens is 579 g/mol. The molecule has 2 N–H and O–H groups in total. The van der Waals surface area contributed by atoms with E-state index >= 15 is 0 Å². The van der Waals surface area contributed by atoms with Gasteiger partial charge in [0.1, 0.15) is 5.01 Å². The standard InChI is InChI=1S/C29H33N5OS.C2HF3O2/c1-20-4-9-26-27(18-20)36-29(32-26)23-5-7-24(8-6-23)31-28(35)21(2)33(3)19-22-12-16-34(17-13-22)25-10-14-30-15-11-25;3-2(4,5)1(6)7/h4-11,14-15,18,21-22H,12-13,16-17,19H2,1-3H3,(H,31,35);(H,6,7). The number of carboxylic acids is 1. The van der Waals surface area contributed by atoms with Crippen molar-refractivity contribution in [3.63, 3.8) is 0 Å². The summed E-state index contributed by atoms with van der Waals surface area (Å²) in [5.74, 6) is -2.14. The van der Waals surface area contributed by atoms with Crippen molar-refractivity contribution >= 4 is 44.8 Å². The van der Waals surface area contributed by atoms with Gasteiger partial charge < -0.3 is 15.3 Å². The number of alkyl halides is 3. The largest absolute Gasteiger partial charge is 0.490 e. The molecule has 3 heterocycles. The van der Waals surface area contributed by atoms with Gasteiger partial charge in [0.15, 0.2) is 0 Å². The van der Waals surface area contributed by atoms with Gasteiger partial charge in [-0.2, -0.15) is 13.2 Å². The Morgan fingerprint density at radius 2 is 1.72 bits per heavy atom. The molecule has 1 aliphatic heterocycles. The van der Waals surface area contributed by atoms with Gasteiger partial charge in [0.05, 0.1) is 16.3 Å². The van der Waals surface area contributed by atoms with Crippen molar-refractivity contribution in [3.05, 3.63) is 72.6 Å². The number of thiazole rings is 1. The van der Waals surface area contributed by atoms with Crippen LogP contribution in [-0.4, -0.2) is 70.8 Å². The second kappa shape index (κ2) is 14.0. The number of hydrogen-bond donors (Lipinski definition) is 2. The fourth-order valence-corrected chi connectivity index (χ4v) is 5.86. The number of carboxylic acid groups (broad SMARTS) is 1. The van der Waals surface area contributed by atoms with E-state index in [-0.39, 0.29) is 11.9 Å². The summed E-state index contributed by atoms with van der Waals surface area (Å²) >= 11 is 1.70. The number of hydrogen-bond acceptors (Lipinski definition) is 7. The number of aromatic nitrogens is 2. The first kappa shape index (κ1) is 31.9. The van der Waals surface area contributed by atoms with Crippen LogP contribution in [0.1, 0.15) is 25.3 Å². The molecule has 8 nitrogen and oxygen atoms in total. The molecule has 1 aliphatic rings. The van der Waals surface area contributed by atoms with E-state index in [1.54, 1.807) is 11.3 Å². The van der Waals surface area contributed by atoms with Crippen LogP contribution in [0, 0.1) is 12.8 Å². The number of benzene rings is 2. The molecule has 5 rings (SSSR count). The molecule has 0 radical (unpaired) electrons. The first-order valence-electron chi connectivity index (χ1n) is 13.8. The third-order valence-corrected chi connectivity index (χ3v) is 8.48. The molecule has 0 aliphatic carbocycles. The smallest absolute Gasteiger partial charge is 0.475 e. The number of rotatable bonds is 7. The first-order chi connectivity index (χ1) is 20.4. The highest BCUT2D eigenvalue weighted by Gasteiger charge is 2.38. The second-order valence-electron chi connectivity index (χ2n) is 10.6. The van der Waals surface area contributed by atoms with Crippen LogP contribution < -0.4 is 10.2 Å². The van der Waals surface area contributed by atoms with E-state index in [1.807, 2.05) is 43.6 Å². The quantitative estimate of drug-likeness (QED) is 0.246. The van der Waals surface area contributed by atoms with E-state index in [0.29, 0.717) is 5.92 Å². The van der Waals surface area contributed by atoms with Crippen LogP contribution in [0.3, 0.4) is 0 Å².